The lowest BCUT2D eigenvalue weighted by Gasteiger charge is -2.28. The summed E-state index contributed by atoms with van der Waals surface area (Å²) in [5, 5.41) is 2.25. The molecule has 0 fully saturated rings. The summed E-state index contributed by atoms with van der Waals surface area (Å²) in [7, 11) is 0. The summed E-state index contributed by atoms with van der Waals surface area (Å²) < 4.78 is 0.516. The molecular weight excluding hydrogens is 320 g/mol. The lowest BCUT2D eigenvalue weighted by Crippen LogP contribution is -2.82. The summed E-state index contributed by atoms with van der Waals surface area (Å²) in [6.45, 7) is 8.27. The molecule has 23 heavy (non-hydrogen) atoms. The third-order valence-electron chi connectivity index (χ3n) is 3.27. The maximum atomic E-state index is 5.16. The average molecular weight is 347 g/mol. The zero-order valence-corrected chi connectivity index (χ0v) is 15.6. The molecule has 0 saturated heterocycles. The first-order chi connectivity index (χ1) is 11.2. The molecule has 0 aromatic heterocycles. The first-order valence-electron chi connectivity index (χ1n) is 8.02. The zero-order valence-electron chi connectivity index (χ0n) is 13.9. The Morgan fingerprint density at radius 3 is 1.52 bits per heavy atom. The van der Waals surface area contributed by atoms with Gasteiger partial charge in [-0.05, 0) is 25.0 Å². The van der Waals surface area contributed by atoms with Gasteiger partial charge in [-0.2, -0.15) is 0 Å². The molecule has 124 valence electrons. The molecule has 2 aromatic carbocycles. The fourth-order valence-corrected chi connectivity index (χ4v) is 2.34. The van der Waals surface area contributed by atoms with Crippen LogP contribution in [0, 0.1) is 0 Å². The van der Waals surface area contributed by atoms with E-state index >= 15 is 0 Å². The summed E-state index contributed by atoms with van der Waals surface area (Å²) >= 11 is 10.3. The van der Waals surface area contributed by atoms with Gasteiger partial charge in [0.05, 0.1) is 13.1 Å². The highest BCUT2D eigenvalue weighted by Gasteiger charge is 2.03. The minimum Gasteiger partial charge on any atom is -0.411 e. The minimum atomic E-state index is 0.516. The largest absolute Gasteiger partial charge is 0.411 e. The van der Waals surface area contributed by atoms with Crippen molar-refractivity contribution in [2.24, 2.45) is 0 Å². The smallest absolute Gasteiger partial charge is 0.0726 e. The molecule has 0 aliphatic heterocycles. The number of nitrogens with zero attached hydrogens (tertiary/aromatic N) is 1. The van der Waals surface area contributed by atoms with E-state index in [-0.39, 0.29) is 0 Å². The zero-order chi connectivity index (χ0) is 16.9. The van der Waals surface area contributed by atoms with E-state index in [0.717, 1.165) is 13.1 Å². The van der Waals surface area contributed by atoms with Crippen LogP contribution in [0.15, 0.2) is 60.7 Å². The molecular formula is C19H26N2S2. The molecule has 0 heterocycles. The SMILES string of the molecule is CC[NH2+]CC.S=C([S-])N(Cc1ccccc1)Cc1ccccc1. The molecule has 2 N–H and O–H groups in total. The first-order valence-corrected chi connectivity index (χ1v) is 8.84. The number of rotatable bonds is 6. The Bertz CT molecular complexity index is 500. The molecule has 4 heteroatoms. The summed E-state index contributed by atoms with van der Waals surface area (Å²) in [5.41, 5.74) is 2.45. The van der Waals surface area contributed by atoms with Crippen LogP contribution in [-0.4, -0.2) is 22.3 Å². The maximum absolute atomic E-state index is 5.16. The molecule has 0 bridgehead atoms. The van der Waals surface area contributed by atoms with E-state index in [1.54, 1.807) is 0 Å². The monoisotopic (exact) mass is 346 g/mol. The summed E-state index contributed by atoms with van der Waals surface area (Å²) in [5.74, 6) is 0. The van der Waals surface area contributed by atoms with Crippen molar-refractivity contribution in [3.8, 4) is 0 Å². The summed E-state index contributed by atoms with van der Waals surface area (Å²) in [6.07, 6.45) is 0. The molecule has 0 aliphatic carbocycles. The van der Waals surface area contributed by atoms with E-state index < -0.39 is 0 Å². The molecule has 0 spiro atoms. The number of benzene rings is 2. The van der Waals surface area contributed by atoms with Crippen LogP contribution in [-0.2, 0) is 25.7 Å². The Labute approximate surface area is 151 Å². The Morgan fingerprint density at radius 1 is 0.870 bits per heavy atom. The van der Waals surface area contributed by atoms with E-state index in [9.17, 15) is 0 Å². The van der Waals surface area contributed by atoms with Crippen LogP contribution < -0.4 is 5.32 Å². The van der Waals surface area contributed by atoms with Gasteiger partial charge in [0.15, 0.2) is 0 Å². The van der Waals surface area contributed by atoms with E-state index in [4.69, 9.17) is 24.8 Å². The van der Waals surface area contributed by atoms with Crippen molar-refractivity contribution in [1.29, 1.82) is 0 Å². The highest BCUT2D eigenvalue weighted by molar-refractivity contribution is 8.00. The van der Waals surface area contributed by atoms with Gasteiger partial charge in [-0.1, -0.05) is 65.0 Å². The molecule has 0 radical (unpaired) electrons. The van der Waals surface area contributed by atoms with Crippen LogP contribution in [0.5, 0.6) is 0 Å². The van der Waals surface area contributed by atoms with Crippen LogP contribution in [0.3, 0.4) is 0 Å². The van der Waals surface area contributed by atoms with Gasteiger partial charge in [0.1, 0.15) is 0 Å². The third-order valence-corrected chi connectivity index (χ3v) is 3.78. The van der Waals surface area contributed by atoms with Gasteiger partial charge in [0.2, 0.25) is 0 Å². The fraction of sp³-hybridized carbons (Fsp3) is 0.316. The van der Waals surface area contributed by atoms with Gasteiger partial charge < -0.3 is 35.1 Å². The summed E-state index contributed by atoms with van der Waals surface area (Å²) in [6, 6.07) is 20.5. The fourth-order valence-electron chi connectivity index (χ4n) is 2.08. The Morgan fingerprint density at radius 2 is 1.26 bits per heavy atom. The maximum Gasteiger partial charge on any atom is 0.0726 e. The van der Waals surface area contributed by atoms with E-state index in [1.165, 1.54) is 24.2 Å². The van der Waals surface area contributed by atoms with Crippen molar-refractivity contribution in [1.82, 2.24) is 4.90 Å². The topological polar surface area (TPSA) is 19.9 Å². The van der Waals surface area contributed by atoms with Crippen LogP contribution in [0.25, 0.3) is 0 Å². The van der Waals surface area contributed by atoms with Gasteiger partial charge in [0, 0.05) is 13.1 Å². The molecule has 2 aromatic rings. The lowest BCUT2D eigenvalue weighted by atomic mass is 10.2. The van der Waals surface area contributed by atoms with Crippen molar-refractivity contribution >= 4 is 29.2 Å². The lowest BCUT2D eigenvalue weighted by molar-refractivity contribution is -0.648. The summed E-state index contributed by atoms with van der Waals surface area (Å²) in [4.78, 5) is 2.04. The highest BCUT2D eigenvalue weighted by Crippen LogP contribution is 2.10. The molecule has 0 unspecified atom stereocenters. The average Bonchev–Trinajstić information content (AvgIpc) is 2.57. The van der Waals surface area contributed by atoms with Crippen molar-refractivity contribution in [2.45, 2.75) is 26.9 Å². The van der Waals surface area contributed by atoms with Gasteiger partial charge in [-0.25, -0.2) is 0 Å². The Kier molecular flexibility index (Phi) is 10.2. The van der Waals surface area contributed by atoms with Gasteiger partial charge in [-0.15, -0.1) is 0 Å². The van der Waals surface area contributed by atoms with Crippen LogP contribution in [0.2, 0.25) is 0 Å². The molecule has 0 aliphatic rings. The predicted octanol–water partition coefficient (Wildman–Crippen LogP) is 3.11. The van der Waals surface area contributed by atoms with Crippen molar-refractivity contribution in [2.75, 3.05) is 13.1 Å². The number of hydrogen-bond donors (Lipinski definition) is 1. The van der Waals surface area contributed by atoms with Crippen molar-refractivity contribution in [3.05, 3.63) is 71.8 Å². The van der Waals surface area contributed by atoms with Crippen LogP contribution >= 0.6 is 12.2 Å². The number of nitrogens with two attached hydrogens (primary N) is 1. The molecule has 2 nitrogen and oxygen atoms in total. The highest BCUT2D eigenvalue weighted by atomic mass is 32.1. The second kappa shape index (κ2) is 12.0. The van der Waals surface area contributed by atoms with Crippen molar-refractivity contribution < 1.29 is 5.32 Å². The minimum absolute atomic E-state index is 0.516. The molecule has 0 atom stereocenters. The number of hydrogen-bond acceptors (Lipinski definition) is 2. The Hall–Kier alpha value is -1.49. The normalized spacial score (nSPS) is 9.65. The van der Waals surface area contributed by atoms with Gasteiger partial charge >= 0.3 is 0 Å². The van der Waals surface area contributed by atoms with E-state index in [0.29, 0.717) is 4.32 Å². The molecule has 0 saturated carbocycles. The van der Waals surface area contributed by atoms with E-state index in [2.05, 4.69) is 43.4 Å². The standard InChI is InChI=1S/C15H15NS2.C4H11N/c17-15(18)16(11-13-7-3-1-4-8-13)12-14-9-5-2-6-10-14;1-3-5-4-2/h1-10H,11-12H2,(H,17,18);5H,3-4H2,1-2H3. The second-order valence-corrected chi connectivity index (χ2v) is 6.23. The van der Waals surface area contributed by atoms with E-state index in [1.807, 2.05) is 41.3 Å². The van der Waals surface area contributed by atoms with Gasteiger partial charge in [0.25, 0.3) is 0 Å². The van der Waals surface area contributed by atoms with Crippen molar-refractivity contribution in [3.63, 3.8) is 0 Å². The predicted molar refractivity (Wildman–Crippen MR) is 105 cm³/mol. The second-order valence-electron chi connectivity index (χ2n) is 5.20. The van der Waals surface area contributed by atoms with Crippen LogP contribution in [0.4, 0.5) is 0 Å². The number of quaternary nitrogens is 1. The quantitative estimate of drug-likeness (QED) is 0.641. The molecule has 0 amide bonds. The van der Waals surface area contributed by atoms with Crippen LogP contribution in [0.1, 0.15) is 25.0 Å². The number of thiocarbonyl (C=S) groups is 1. The first kappa shape index (κ1) is 19.6. The Balaban J connectivity index is 0.000000463. The third kappa shape index (κ3) is 8.65. The van der Waals surface area contributed by atoms with Gasteiger partial charge in [-0.3, -0.25) is 0 Å². The molecule has 2 rings (SSSR count).